The third kappa shape index (κ3) is 21.7. The Kier molecular flexibility index (Phi) is 25.5. The molecule has 0 atom stereocenters. The first kappa shape index (κ1) is 22.5. The van der Waals surface area contributed by atoms with Crippen LogP contribution in [0.15, 0.2) is 0 Å². The standard InChI is InChI=1S/C17H36O.Ca.2H/c1-2-3-4-5-6-7-8-9-10-11-12-13-14-15-16-17-18;;;/h18H,2-17H2,1H3;;;/q;+2;2*-1. The monoisotopic (exact) mass is 298 g/mol. The smallest absolute Gasteiger partial charge is 1.00 e. The largest absolute Gasteiger partial charge is 2.00 e. The van der Waals surface area contributed by atoms with E-state index in [9.17, 15) is 0 Å². The van der Waals surface area contributed by atoms with Crippen molar-refractivity contribution in [3.63, 3.8) is 0 Å². The molecule has 0 bridgehead atoms. The molecule has 0 saturated heterocycles. The minimum atomic E-state index is 0. The van der Waals surface area contributed by atoms with Gasteiger partial charge < -0.3 is 7.96 Å². The minimum Gasteiger partial charge on any atom is -1.00 e. The van der Waals surface area contributed by atoms with E-state index in [2.05, 4.69) is 6.92 Å². The van der Waals surface area contributed by atoms with Gasteiger partial charge in [0.25, 0.3) is 0 Å². The van der Waals surface area contributed by atoms with Gasteiger partial charge in [-0.05, 0) is 6.42 Å². The summed E-state index contributed by atoms with van der Waals surface area (Å²) in [7, 11) is 0. The van der Waals surface area contributed by atoms with E-state index >= 15 is 0 Å². The molecule has 0 aromatic carbocycles. The van der Waals surface area contributed by atoms with Crippen LogP contribution in [0.25, 0.3) is 0 Å². The van der Waals surface area contributed by atoms with Crippen LogP contribution in [0.4, 0.5) is 0 Å². The molecule has 0 radical (unpaired) electrons. The average Bonchev–Trinajstić information content (AvgIpc) is 2.39. The van der Waals surface area contributed by atoms with Gasteiger partial charge >= 0.3 is 37.7 Å². The fraction of sp³-hybridized carbons (Fsp3) is 1.00. The zero-order chi connectivity index (χ0) is 13.3. The summed E-state index contributed by atoms with van der Waals surface area (Å²) in [5.41, 5.74) is 0. The summed E-state index contributed by atoms with van der Waals surface area (Å²) in [6.45, 7) is 2.65. The molecular formula is C17H38CaO. The van der Waals surface area contributed by atoms with Crippen LogP contribution in [0.1, 0.15) is 106 Å². The van der Waals surface area contributed by atoms with E-state index in [1.165, 1.54) is 89.9 Å². The maximum absolute atomic E-state index is 8.66. The maximum Gasteiger partial charge on any atom is 2.00 e. The Morgan fingerprint density at radius 3 is 1.05 bits per heavy atom. The molecule has 0 fully saturated rings. The van der Waals surface area contributed by atoms with Gasteiger partial charge in [0.2, 0.25) is 0 Å². The molecule has 0 rings (SSSR count). The molecule has 114 valence electrons. The van der Waals surface area contributed by atoms with Gasteiger partial charge in [0, 0.05) is 6.61 Å². The van der Waals surface area contributed by atoms with Crippen molar-refractivity contribution in [2.45, 2.75) is 103 Å². The molecule has 1 N–H and O–H groups in total. The second-order valence-corrected chi connectivity index (χ2v) is 5.67. The van der Waals surface area contributed by atoms with E-state index < -0.39 is 0 Å². The van der Waals surface area contributed by atoms with Crippen LogP contribution in [0, 0.1) is 0 Å². The van der Waals surface area contributed by atoms with Crippen LogP contribution in [0.5, 0.6) is 0 Å². The third-order valence-electron chi connectivity index (χ3n) is 3.76. The predicted octanol–water partition coefficient (Wildman–Crippen LogP) is 5.69. The number of hydrogen-bond donors (Lipinski definition) is 1. The first-order valence-electron chi connectivity index (χ1n) is 8.52. The number of unbranched alkanes of at least 4 members (excludes halogenated alkanes) is 14. The van der Waals surface area contributed by atoms with Crippen molar-refractivity contribution in [3.05, 3.63) is 0 Å². The Hall–Kier alpha value is 1.22. The molecule has 0 amide bonds. The predicted molar refractivity (Wildman–Crippen MR) is 90.0 cm³/mol. The van der Waals surface area contributed by atoms with Crippen molar-refractivity contribution in [2.24, 2.45) is 0 Å². The third-order valence-corrected chi connectivity index (χ3v) is 3.76. The molecule has 0 aromatic heterocycles. The van der Waals surface area contributed by atoms with Crippen LogP contribution < -0.4 is 0 Å². The van der Waals surface area contributed by atoms with Gasteiger partial charge in [-0.1, -0.05) is 96.8 Å². The molecule has 0 aliphatic rings. The Morgan fingerprint density at radius 2 is 0.789 bits per heavy atom. The Balaban J connectivity index is -0.000000482. The Bertz CT molecular complexity index is 133. The number of aliphatic hydroxyl groups excluding tert-OH is 1. The van der Waals surface area contributed by atoms with E-state index in [-0.39, 0.29) is 40.6 Å². The summed E-state index contributed by atoms with van der Waals surface area (Å²) >= 11 is 0. The van der Waals surface area contributed by atoms with Gasteiger partial charge in [0.05, 0.1) is 0 Å². The van der Waals surface area contributed by atoms with E-state index in [4.69, 9.17) is 5.11 Å². The second-order valence-electron chi connectivity index (χ2n) is 5.67. The molecule has 0 aliphatic heterocycles. The molecule has 19 heavy (non-hydrogen) atoms. The molecule has 0 aromatic rings. The zero-order valence-corrected chi connectivity index (χ0v) is 15.7. The summed E-state index contributed by atoms with van der Waals surface area (Å²) in [5, 5.41) is 8.66. The molecule has 0 unspecified atom stereocenters. The Labute approximate surface area is 154 Å². The van der Waals surface area contributed by atoms with Gasteiger partial charge in [-0.3, -0.25) is 0 Å². The van der Waals surface area contributed by atoms with Crippen LogP contribution in [0.2, 0.25) is 0 Å². The van der Waals surface area contributed by atoms with Crippen molar-refractivity contribution >= 4 is 37.7 Å². The van der Waals surface area contributed by atoms with Gasteiger partial charge in [0.15, 0.2) is 0 Å². The van der Waals surface area contributed by atoms with Crippen molar-refractivity contribution in [1.29, 1.82) is 0 Å². The van der Waals surface area contributed by atoms with Gasteiger partial charge in [-0.15, -0.1) is 0 Å². The van der Waals surface area contributed by atoms with Crippen molar-refractivity contribution in [2.75, 3.05) is 6.61 Å². The van der Waals surface area contributed by atoms with E-state index in [0.717, 1.165) is 6.42 Å². The molecule has 0 spiro atoms. The first-order valence-corrected chi connectivity index (χ1v) is 8.52. The topological polar surface area (TPSA) is 20.2 Å². The molecule has 0 heterocycles. The number of aliphatic hydroxyl groups is 1. The van der Waals surface area contributed by atoms with E-state index in [1.54, 1.807) is 0 Å². The minimum absolute atomic E-state index is 0. The molecule has 0 aliphatic carbocycles. The summed E-state index contributed by atoms with van der Waals surface area (Å²) in [4.78, 5) is 0. The summed E-state index contributed by atoms with van der Waals surface area (Å²) in [6.07, 6.45) is 20.7. The fourth-order valence-corrected chi connectivity index (χ4v) is 2.48. The van der Waals surface area contributed by atoms with Crippen molar-refractivity contribution in [1.82, 2.24) is 0 Å². The maximum atomic E-state index is 8.66. The normalized spacial score (nSPS) is 10.4. The van der Waals surface area contributed by atoms with Crippen LogP contribution >= 0.6 is 0 Å². The van der Waals surface area contributed by atoms with Crippen LogP contribution in [-0.4, -0.2) is 49.5 Å². The molecular weight excluding hydrogens is 260 g/mol. The summed E-state index contributed by atoms with van der Waals surface area (Å²) < 4.78 is 0. The quantitative estimate of drug-likeness (QED) is 0.304. The fourth-order valence-electron chi connectivity index (χ4n) is 2.48. The SMILES string of the molecule is CCCCCCCCCCCCCCCCCO.[Ca+2].[H-].[H-]. The van der Waals surface area contributed by atoms with Gasteiger partial charge in [-0.2, -0.15) is 0 Å². The number of rotatable bonds is 15. The summed E-state index contributed by atoms with van der Waals surface area (Å²) in [5.74, 6) is 0. The molecule has 1 nitrogen and oxygen atoms in total. The van der Waals surface area contributed by atoms with Crippen molar-refractivity contribution in [3.8, 4) is 0 Å². The van der Waals surface area contributed by atoms with Gasteiger partial charge in [-0.25, -0.2) is 0 Å². The average molecular weight is 299 g/mol. The zero-order valence-electron chi connectivity index (χ0n) is 15.5. The molecule has 2 heteroatoms. The molecule has 0 saturated carbocycles. The second kappa shape index (κ2) is 21.5. The Morgan fingerprint density at radius 1 is 0.526 bits per heavy atom. The van der Waals surface area contributed by atoms with Crippen molar-refractivity contribution < 1.29 is 7.96 Å². The van der Waals surface area contributed by atoms with Crippen LogP contribution in [0.3, 0.4) is 0 Å². The van der Waals surface area contributed by atoms with E-state index in [1.807, 2.05) is 0 Å². The van der Waals surface area contributed by atoms with Gasteiger partial charge in [0.1, 0.15) is 0 Å². The summed E-state index contributed by atoms with van der Waals surface area (Å²) in [6, 6.07) is 0. The number of hydrogen-bond acceptors (Lipinski definition) is 1. The first-order chi connectivity index (χ1) is 8.91. The van der Waals surface area contributed by atoms with Crippen LogP contribution in [-0.2, 0) is 0 Å². The van der Waals surface area contributed by atoms with E-state index in [0.29, 0.717) is 6.61 Å².